The highest BCUT2D eigenvalue weighted by Gasteiger charge is 2.53. The Morgan fingerprint density at radius 2 is 2.05 bits per heavy atom. The molecule has 3 atom stereocenters. The summed E-state index contributed by atoms with van der Waals surface area (Å²) in [4.78, 5) is 23.6. The number of hydrogen-bond acceptors (Lipinski definition) is 3. The average molecular weight is 279 g/mol. The number of likely N-dealkylation sites (tertiary alicyclic amines) is 1. The summed E-state index contributed by atoms with van der Waals surface area (Å²) in [5.74, 6) is -1.36. The highest BCUT2D eigenvalue weighted by Crippen LogP contribution is 2.45. The number of nitrogens with zero attached hydrogens (tertiary/aromatic N) is 1. The van der Waals surface area contributed by atoms with Crippen LogP contribution in [0, 0.1) is 11.8 Å². The second-order valence-corrected chi connectivity index (χ2v) is 6.86. The van der Waals surface area contributed by atoms with Gasteiger partial charge in [0.2, 0.25) is 0 Å². The maximum absolute atomic E-state index is 11.9. The van der Waals surface area contributed by atoms with Gasteiger partial charge in [0.1, 0.15) is 6.54 Å². The molecule has 0 aromatic rings. The van der Waals surface area contributed by atoms with Gasteiger partial charge in [0.25, 0.3) is 0 Å². The first-order chi connectivity index (χ1) is 9.43. The molecule has 5 nitrogen and oxygen atoms in total. The van der Waals surface area contributed by atoms with Crippen molar-refractivity contribution in [3.05, 3.63) is 11.1 Å². The molecule has 110 valence electrons. The van der Waals surface area contributed by atoms with E-state index in [-0.39, 0.29) is 11.7 Å². The predicted molar refractivity (Wildman–Crippen MR) is 73.9 cm³/mol. The number of likely N-dealkylation sites (N-methyl/N-ethyl adjacent to an activating group) is 1. The third kappa shape index (κ3) is 2.00. The summed E-state index contributed by atoms with van der Waals surface area (Å²) in [5, 5.41) is 9.53. The number of carboxylic acid groups (broad SMARTS) is 1. The Hall–Kier alpha value is -1.20. The van der Waals surface area contributed by atoms with Crippen LogP contribution in [0.15, 0.2) is 11.1 Å². The number of ketones is 1. The van der Waals surface area contributed by atoms with Crippen LogP contribution in [0.2, 0.25) is 0 Å². The molecule has 1 aliphatic heterocycles. The molecule has 5 heteroatoms. The lowest BCUT2D eigenvalue weighted by molar-refractivity contribution is -0.893. The number of fused-ring (bicyclic) bond motifs is 1. The fourth-order valence-corrected chi connectivity index (χ4v) is 4.28. The first kappa shape index (κ1) is 13.8. The normalized spacial score (nSPS) is 35.7. The van der Waals surface area contributed by atoms with Crippen molar-refractivity contribution < 1.29 is 19.2 Å². The predicted octanol–water partition coefficient (Wildman–Crippen LogP) is 0.544. The third-order valence-corrected chi connectivity index (χ3v) is 5.44. The van der Waals surface area contributed by atoms with Gasteiger partial charge in [0.15, 0.2) is 5.78 Å². The fourth-order valence-electron chi connectivity index (χ4n) is 4.28. The summed E-state index contributed by atoms with van der Waals surface area (Å²) >= 11 is 0. The van der Waals surface area contributed by atoms with Gasteiger partial charge in [0.05, 0.1) is 37.7 Å². The molecule has 1 unspecified atom stereocenters. The van der Waals surface area contributed by atoms with Crippen molar-refractivity contribution >= 4 is 11.8 Å². The molecule has 3 N–H and O–H groups in total. The van der Waals surface area contributed by atoms with Gasteiger partial charge in [-0.15, -0.1) is 0 Å². The molecule has 0 bridgehead atoms. The Morgan fingerprint density at radius 1 is 1.40 bits per heavy atom. The van der Waals surface area contributed by atoms with E-state index < -0.39 is 17.9 Å². The van der Waals surface area contributed by atoms with Gasteiger partial charge in [-0.3, -0.25) is 4.79 Å². The second-order valence-electron chi connectivity index (χ2n) is 6.86. The van der Waals surface area contributed by atoms with Crippen LogP contribution in [-0.4, -0.2) is 54.1 Å². The SMILES string of the molecule is C[N+]1(CC2=C(C(=O)O)C3C(=O)[C@@H](N)[C@H]3CC2)CCCC1. The molecule has 0 spiro atoms. The number of nitrogens with two attached hydrogens (primary N) is 1. The number of quaternary nitrogens is 1. The molecule has 3 aliphatic rings. The molecule has 0 aromatic heterocycles. The minimum atomic E-state index is -0.916. The van der Waals surface area contributed by atoms with Gasteiger partial charge in [-0.1, -0.05) is 0 Å². The highest BCUT2D eigenvalue weighted by atomic mass is 16.4. The van der Waals surface area contributed by atoms with Crippen molar-refractivity contribution in [2.24, 2.45) is 17.6 Å². The summed E-state index contributed by atoms with van der Waals surface area (Å²) in [6.45, 7) is 3.00. The fraction of sp³-hybridized carbons (Fsp3) is 0.733. The molecular formula is C15H23N2O3+. The van der Waals surface area contributed by atoms with Gasteiger partial charge >= 0.3 is 5.97 Å². The first-order valence-electron chi connectivity index (χ1n) is 7.51. The molecule has 1 saturated heterocycles. The van der Waals surface area contributed by atoms with Crippen LogP contribution in [0.1, 0.15) is 25.7 Å². The molecule has 2 aliphatic carbocycles. The van der Waals surface area contributed by atoms with Crippen molar-refractivity contribution in [2.75, 3.05) is 26.7 Å². The second kappa shape index (κ2) is 4.67. The quantitative estimate of drug-likeness (QED) is 0.739. The van der Waals surface area contributed by atoms with Crippen LogP contribution < -0.4 is 5.73 Å². The summed E-state index contributed by atoms with van der Waals surface area (Å²) < 4.78 is 0.920. The van der Waals surface area contributed by atoms with Crippen molar-refractivity contribution in [3.63, 3.8) is 0 Å². The topological polar surface area (TPSA) is 80.4 Å². The molecule has 0 amide bonds. The first-order valence-corrected chi connectivity index (χ1v) is 7.51. The Bertz CT molecular complexity index is 491. The minimum Gasteiger partial charge on any atom is -0.478 e. The molecule has 2 fully saturated rings. The zero-order valence-electron chi connectivity index (χ0n) is 12.0. The molecule has 20 heavy (non-hydrogen) atoms. The molecule has 3 rings (SSSR count). The van der Waals surface area contributed by atoms with E-state index >= 15 is 0 Å². The summed E-state index contributed by atoms with van der Waals surface area (Å²) in [6, 6.07) is -0.438. The van der Waals surface area contributed by atoms with Crippen LogP contribution in [0.5, 0.6) is 0 Å². The number of hydrogen-bond donors (Lipinski definition) is 2. The highest BCUT2D eigenvalue weighted by molar-refractivity contribution is 6.04. The van der Waals surface area contributed by atoms with E-state index in [1.165, 1.54) is 12.8 Å². The van der Waals surface area contributed by atoms with Crippen molar-refractivity contribution in [2.45, 2.75) is 31.7 Å². The standard InChI is InChI=1S/C15H22N2O3/c1-17(6-2-3-7-17)8-9-4-5-10-12(11(9)15(19)20)14(18)13(10)16/h10,12-13H,2-8,16H2,1H3/p+1/t10-,12?,13-/m0/s1. The van der Waals surface area contributed by atoms with Gasteiger partial charge in [0, 0.05) is 12.8 Å². The van der Waals surface area contributed by atoms with Crippen molar-refractivity contribution in [1.29, 1.82) is 0 Å². The maximum atomic E-state index is 11.9. The van der Waals surface area contributed by atoms with Crippen LogP contribution in [0.25, 0.3) is 0 Å². The van der Waals surface area contributed by atoms with Crippen LogP contribution >= 0.6 is 0 Å². The van der Waals surface area contributed by atoms with Gasteiger partial charge in [-0.25, -0.2) is 4.79 Å². The zero-order valence-corrected chi connectivity index (χ0v) is 12.0. The van der Waals surface area contributed by atoms with Gasteiger partial charge < -0.3 is 15.3 Å². The van der Waals surface area contributed by atoms with Crippen LogP contribution in [-0.2, 0) is 9.59 Å². The van der Waals surface area contributed by atoms with Crippen LogP contribution in [0.3, 0.4) is 0 Å². The number of carbonyl (C=O) groups excluding carboxylic acids is 1. The number of carbonyl (C=O) groups is 2. The summed E-state index contributed by atoms with van der Waals surface area (Å²) in [7, 11) is 2.19. The Kier molecular flexibility index (Phi) is 3.21. The summed E-state index contributed by atoms with van der Waals surface area (Å²) in [6.07, 6.45) is 4.07. The molecule has 0 radical (unpaired) electrons. The van der Waals surface area contributed by atoms with E-state index in [0.717, 1.165) is 42.5 Å². The Balaban J connectivity index is 1.90. The molecule has 0 aromatic carbocycles. The van der Waals surface area contributed by atoms with E-state index in [0.29, 0.717) is 5.57 Å². The number of carboxylic acids is 1. The van der Waals surface area contributed by atoms with Gasteiger partial charge in [-0.05, 0) is 24.3 Å². The largest absolute Gasteiger partial charge is 0.478 e. The maximum Gasteiger partial charge on any atom is 0.332 e. The molecule has 1 saturated carbocycles. The molecular weight excluding hydrogens is 256 g/mol. The van der Waals surface area contributed by atoms with Crippen LogP contribution in [0.4, 0.5) is 0 Å². The Labute approximate surface area is 119 Å². The average Bonchev–Trinajstić information content (AvgIpc) is 2.83. The summed E-state index contributed by atoms with van der Waals surface area (Å²) in [5.41, 5.74) is 7.17. The number of aliphatic carboxylic acids is 1. The lowest BCUT2D eigenvalue weighted by atomic mass is 9.59. The van der Waals surface area contributed by atoms with E-state index in [1.54, 1.807) is 0 Å². The molecule has 1 heterocycles. The van der Waals surface area contributed by atoms with E-state index in [2.05, 4.69) is 7.05 Å². The number of Topliss-reactive ketones (excluding diaryl/α,β-unsaturated/α-hetero) is 1. The lowest BCUT2D eigenvalue weighted by Crippen LogP contribution is -2.60. The van der Waals surface area contributed by atoms with E-state index in [9.17, 15) is 14.7 Å². The van der Waals surface area contributed by atoms with E-state index in [4.69, 9.17) is 5.73 Å². The monoisotopic (exact) mass is 279 g/mol. The van der Waals surface area contributed by atoms with Crippen molar-refractivity contribution in [3.8, 4) is 0 Å². The van der Waals surface area contributed by atoms with Crippen molar-refractivity contribution in [1.82, 2.24) is 0 Å². The van der Waals surface area contributed by atoms with Gasteiger partial charge in [-0.2, -0.15) is 0 Å². The third-order valence-electron chi connectivity index (χ3n) is 5.44. The zero-order chi connectivity index (χ0) is 14.5. The smallest absolute Gasteiger partial charge is 0.332 e. The lowest BCUT2D eigenvalue weighted by Gasteiger charge is -2.45. The van der Waals surface area contributed by atoms with E-state index in [1.807, 2.05) is 0 Å². The number of rotatable bonds is 3. The minimum absolute atomic E-state index is 0.0567. The Morgan fingerprint density at radius 3 is 2.65 bits per heavy atom.